The molecule has 3 rings (SSSR count). The largest absolute Gasteiger partial charge is 0.324 e. The van der Waals surface area contributed by atoms with Crippen molar-refractivity contribution in [1.82, 2.24) is 9.97 Å². The van der Waals surface area contributed by atoms with Crippen LogP contribution in [0.2, 0.25) is 0 Å². The zero-order valence-corrected chi connectivity index (χ0v) is 12.4. The van der Waals surface area contributed by atoms with Gasteiger partial charge >= 0.3 is 0 Å². The average Bonchev–Trinajstić information content (AvgIpc) is 2.90. The number of benzene rings is 2. The zero-order valence-electron chi connectivity index (χ0n) is 11.5. The van der Waals surface area contributed by atoms with Gasteiger partial charge in [0.25, 0.3) is 0 Å². The fraction of sp³-hybridized carbons (Fsp3) is 0.125. The Morgan fingerprint density at radius 1 is 1.14 bits per heavy atom. The monoisotopic (exact) mass is 297 g/mol. The molecule has 1 atom stereocenters. The van der Waals surface area contributed by atoms with Crippen LogP contribution in [0.3, 0.4) is 0 Å². The second kappa shape index (κ2) is 6.01. The van der Waals surface area contributed by atoms with Crippen molar-refractivity contribution in [2.24, 2.45) is 0 Å². The number of rotatable bonds is 4. The molecule has 0 aliphatic rings. The molecule has 0 saturated carbocycles. The maximum Gasteiger partial charge on any atom is 0.239 e. The van der Waals surface area contributed by atoms with E-state index in [2.05, 4.69) is 15.3 Å². The first-order chi connectivity index (χ1) is 10.2. The van der Waals surface area contributed by atoms with Crippen molar-refractivity contribution in [1.29, 1.82) is 0 Å². The van der Waals surface area contributed by atoms with Gasteiger partial charge < -0.3 is 4.98 Å². The standard InChI is InChI=1S/C16H15N3OS/c1-11(21-12-7-3-2-4-8-12)15(20)19-16-17-13-9-5-6-10-14(13)18-16/h2-11H,1H3,(H2,17,18,19,20)/t11-/m1/s1. The Morgan fingerprint density at radius 3 is 2.62 bits per heavy atom. The minimum absolute atomic E-state index is 0.0668. The fourth-order valence-corrected chi connectivity index (χ4v) is 2.88. The van der Waals surface area contributed by atoms with Crippen LogP contribution in [-0.2, 0) is 4.79 Å². The number of amides is 1. The number of carbonyl (C=O) groups is 1. The molecule has 0 fully saturated rings. The number of thioether (sulfide) groups is 1. The molecule has 2 aromatic carbocycles. The van der Waals surface area contributed by atoms with Gasteiger partial charge in [0.15, 0.2) is 0 Å². The Morgan fingerprint density at radius 2 is 1.86 bits per heavy atom. The molecule has 4 nitrogen and oxygen atoms in total. The van der Waals surface area contributed by atoms with Gasteiger partial charge in [-0.2, -0.15) is 0 Å². The highest BCUT2D eigenvalue weighted by Gasteiger charge is 2.15. The van der Waals surface area contributed by atoms with Crippen LogP contribution in [0.5, 0.6) is 0 Å². The molecule has 0 unspecified atom stereocenters. The molecule has 1 aromatic heterocycles. The quantitative estimate of drug-likeness (QED) is 0.722. The molecule has 2 N–H and O–H groups in total. The lowest BCUT2D eigenvalue weighted by molar-refractivity contribution is -0.115. The number of hydrogen-bond acceptors (Lipinski definition) is 3. The number of carbonyl (C=O) groups excluding carboxylic acids is 1. The average molecular weight is 297 g/mol. The van der Waals surface area contributed by atoms with Crippen molar-refractivity contribution in [2.45, 2.75) is 17.1 Å². The second-order valence-corrected chi connectivity index (χ2v) is 6.08. The van der Waals surface area contributed by atoms with Gasteiger partial charge in [-0.25, -0.2) is 4.98 Å². The molecular formula is C16H15N3OS. The number of anilines is 1. The lowest BCUT2D eigenvalue weighted by Gasteiger charge is -2.10. The van der Waals surface area contributed by atoms with Crippen molar-refractivity contribution in [2.75, 3.05) is 5.32 Å². The predicted molar refractivity (Wildman–Crippen MR) is 86.5 cm³/mol. The summed E-state index contributed by atoms with van der Waals surface area (Å²) in [5.41, 5.74) is 1.76. The van der Waals surface area contributed by atoms with Crippen LogP contribution in [0.15, 0.2) is 59.5 Å². The van der Waals surface area contributed by atoms with Gasteiger partial charge in [0.05, 0.1) is 16.3 Å². The number of aromatic amines is 1. The summed E-state index contributed by atoms with van der Waals surface area (Å²) in [5, 5.41) is 2.63. The molecule has 3 aromatic rings. The van der Waals surface area contributed by atoms with E-state index >= 15 is 0 Å². The van der Waals surface area contributed by atoms with E-state index in [1.54, 1.807) is 0 Å². The third-order valence-corrected chi connectivity index (χ3v) is 4.17. The third kappa shape index (κ3) is 3.25. The van der Waals surface area contributed by atoms with E-state index < -0.39 is 0 Å². The van der Waals surface area contributed by atoms with E-state index in [0.29, 0.717) is 5.95 Å². The van der Waals surface area contributed by atoms with E-state index in [1.165, 1.54) is 11.8 Å². The fourth-order valence-electron chi connectivity index (χ4n) is 1.99. The van der Waals surface area contributed by atoms with Crippen LogP contribution >= 0.6 is 11.8 Å². The summed E-state index contributed by atoms with van der Waals surface area (Å²) in [7, 11) is 0. The molecule has 5 heteroatoms. The van der Waals surface area contributed by atoms with Gasteiger partial charge in [-0.3, -0.25) is 10.1 Å². The molecule has 0 aliphatic carbocycles. The zero-order chi connectivity index (χ0) is 14.7. The van der Waals surface area contributed by atoms with Crippen LogP contribution in [0, 0.1) is 0 Å². The van der Waals surface area contributed by atoms with E-state index in [0.717, 1.165) is 15.9 Å². The molecule has 1 amide bonds. The van der Waals surface area contributed by atoms with Crippen molar-refractivity contribution < 1.29 is 4.79 Å². The van der Waals surface area contributed by atoms with Crippen molar-refractivity contribution in [3.63, 3.8) is 0 Å². The van der Waals surface area contributed by atoms with Gasteiger partial charge in [-0.1, -0.05) is 30.3 Å². The minimum Gasteiger partial charge on any atom is -0.324 e. The first kappa shape index (κ1) is 13.7. The van der Waals surface area contributed by atoms with Crippen molar-refractivity contribution in [3.05, 3.63) is 54.6 Å². The summed E-state index contributed by atoms with van der Waals surface area (Å²) >= 11 is 1.52. The first-order valence-corrected chi connectivity index (χ1v) is 7.57. The van der Waals surface area contributed by atoms with Crippen LogP contribution in [-0.4, -0.2) is 21.1 Å². The van der Waals surface area contributed by atoms with Gasteiger partial charge in [0.1, 0.15) is 0 Å². The number of fused-ring (bicyclic) bond motifs is 1. The lowest BCUT2D eigenvalue weighted by Crippen LogP contribution is -2.22. The second-order valence-electron chi connectivity index (χ2n) is 4.66. The highest BCUT2D eigenvalue weighted by molar-refractivity contribution is 8.00. The molecular weight excluding hydrogens is 282 g/mol. The number of para-hydroxylation sites is 2. The van der Waals surface area contributed by atoms with Crippen molar-refractivity contribution in [3.8, 4) is 0 Å². The summed E-state index contributed by atoms with van der Waals surface area (Å²) in [6, 6.07) is 17.6. The number of hydrogen-bond donors (Lipinski definition) is 2. The van der Waals surface area contributed by atoms with Gasteiger partial charge in [0.2, 0.25) is 11.9 Å². The normalized spacial score (nSPS) is 12.2. The van der Waals surface area contributed by atoms with Crippen LogP contribution < -0.4 is 5.32 Å². The van der Waals surface area contributed by atoms with E-state index in [4.69, 9.17) is 0 Å². The SMILES string of the molecule is C[C@@H](Sc1ccccc1)C(=O)Nc1nc2ccccc2[nH]1. The topological polar surface area (TPSA) is 57.8 Å². The minimum atomic E-state index is -0.194. The summed E-state index contributed by atoms with van der Waals surface area (Å²) in [6.45, 7) is 1.88. The maximum absolute atomic E-state index is 12.2. The molecule has 1 heterocycles. The summed E-state index contributed by atoms with van der Waals surface area (Å²) in [4.78, 5) is 20.7. The highest BCUT2D eigenvalue weighted by atomic mass is 32.2. The third-order valence-electron chi connectivity index (χ3n) is 3.06. The number of nitrogens with one attached hydrogen (secondary N) is 2. The van der Waals surface area contributed by atoms with Crippen molar-refractivity contribution >= 4 is 34.7 Å². The number of imidazole rings is 1. The molecule has 0 bridgehead atoms. The molecule has 0 spiro atoms. The van der Waals surface area contributed by atoms with Crippen LogP contribution in [0.1, 0.15) is 6.92 Å². The highest BCUT2D eigenvalue weighted by Crippen LogP contribution is 2.23. The molecule has 106 valence electrons. The van der Waals surface area contributed by atoms with Gasteiger partial charge in [0, 0.05) is 4.90 Å². The lowest BCUT2D eigenvalue weighted by atomic mass is 10.3. The molecule has 0 aliphatic heterocycles. The Kier molecular flexibility index (Phi) is 3.92. The number of nitrogens with zero attached hydrogens (tertiary/aromatic N) is 1. The van der Waals surface area contributed by atoms with Crippen LogP contribution in [0.25, 0.3) is 11.0 Å². The summed E-state index contributed by atoms with van der Waals surface area (Å²) in [6.07, 6.45) is 0. The summed E-state index contributed by atoms with van der Waals surface area (Å²) < 4.78 is 0. The number of aromatic nitrogens is 2. The molecule has 0 saturated heterocycles. The van der Waals surface area contributed by atoms with E-state index in [1.807, 2.05) is 61.5 Å². The summed E-state index contributed by atoms with van der Waals surface area (Å²) in [5.74, 6) is 0.421. The molecule has 0 radical (unpaired) electrons. The van der Waals surface area contributed by atoms with Gasteiger partial charge in [-0.05, 0) is 31.2 Å². The molecule has 21 heavy (non-hydrogen) atoms. The number of H-pyrrole nitrogens is 1. The predicted octanol–water partition coefficient (Wildman–Crippen LogP) is 3.68. The first-order valence-electron chi connectivity index (χ1n) is 6.70. The smallest absolute Gasteiger partial charge is 0.239 e. The van der Waals surface area contributed by atoms with E-state index in [-0.39, 0.29) is 11.2 Å². The Balaban J connectivity index is 1.68. The van der Waals surface area contributed by atoms with E-state index in [9.17, 15) is 4.79 Å². The Bertz CT molecular complexity index is 721. The Hall–Kier alpha value is -2.27. The maximum atomic E-state index is 12.2. The van der Waals surface area contributed by atoms with Gasteiger partial charge in [-0.15, -0.1) is 11.8 Å². The Labute approximate surface area is 127 Å². The van der Waals surface area contributed by atoms with Crippen LogP contribution in [0.4, 0.5) is 5.95 Å².